The van der Waals surface area contributed by atoms with Gasteiger partial charge in [0.15, 0.2) is 0 Å². The molecule has 1 fully saturated rings. The number of methoxy groups -OCH3 is 1. The van der Waals surface area contributed by atoms with Crippen molar-refractivity contribution in [3.63, 3.8) is 0 Å². The first-order chi connectivity index (χ1) is 12.0. The molecule has 2 amide bonds. The second kappa shape index (κ2) is 7.52. The smallest absolute Gasteiger partial charge is 0.293 e. The van der Waals surface area contributed by atoms with E-state index in [4.69, 9.17) is 27.9 Å². The van der Waals surface area contributed by atoms with Crippen LogP contribution in [0.2, 0.25) is 10.0 Å². The predicted octanol–water partition coefficient (Wildman–Crippen LogP) is 5.24. The van der Waals surface area contributed by atoms with Crippen molar-refractivity contribution in [2.75, 3.05) is 7.11 Å². The van der Waals surface area contributed by atoms with Gasteiger partial charge >= 0.3 is 0 Å². The average molecular weight is 394 g/mol. The van der Waals surface area contributed by atoms with Crippen molar-refractivity contribution < 1.29 is 14.3 Å². The van der Waals surface area contributed by atoms with Crippen molar-refractivity contribution in [2.24, 2.45) is 0 Å². The fraction of sp³-hybridized carbons (Fsp3) is 0.111. The summed E-state index contributed by atoms with van der Waals surface area (Å²) in [6, 6.07) is 12.3. The molecule has 1 aliphatic heterocycles. The first-order valence-corrected chi connectivity index (χ1v) is 8.89. The molecule has 0 radical (unpaired) electrons. The molecule has 0 aromatic heterocycles. The van der Waals surface area contributed by atoms with Gasteiger partial charge in [-0.05, 0) is 47.7 Å². The zero-order valence-electron chi connectivity index (χ0n) is 13.2. The maximum atomic E-state index is 12.6. The quantitative estimate of drug-likeness (QED) is 0.666. The molecule has 0 aliphatic carbocycles. The summed E-state index contributed by atoms with van der Waals surface area (Å²) in [5, 5.41) is 0.497. The minimum absolute atomic E-state index is 0.0448. The highest BCUT2D eigenvalue weighted by Crippen LogP contribution is 2.35. The molecule has 25 heavy (non-hydrogen) atoms. The SMILES string of the molecule is COc1ccc(/C=C2/SC(=O)N(Cc3c(Cl)cccc3Cl)C2=O)cc1. The number of thioether (sulfide) groups is 1. The molecule has 4 nitrogen and oxygen atoms in total. The highest BCUT2D eigenvalue weighted by Gasteiger charge is 2.35. The van der Waals surface area contributed by atoms with Crippen LogP contribution in [0.25, 0.3) is 6.08 Å². The highest BCUT2D eigenvalue weighted by atomic mass is 35.5. The van der Waals surface area contributed by atoms with E-state index >= 15 is 0 Å². The van der Waals surface area contributed by atoms with Gasteiger partial charge in [-0.3, -0.25) is 14.5 Å². The third kappa shape index (κ3) is 3.84. The number of benzene rings is 2. The van der Waals surface area contributed by atoms with E-state index in [-0.39, 0.29) is 17.7 Å². The molecule has 0 unspecified atom stereocenters. The number of nitrogens with zero attached hydrogens (tertiary/aromatic N) is 1. The minimum Gasteiger partial charge on any atom is -0.497 e. The summed E-state index contributed by atoms with van der Waals surface area (Å²) >= 11 is 13.2. The number of hydrogen-bond acceptors (Lipinski definition) is 4. The van der Waals surface area contributed by atoms with Crippen molar-refractivity contribution in [3.05, 3.63) is 68.5 Å². The lowest BCUT2D eigenvalue weighted by Crippen LogP contribution is -2.27. The molecule has 0 bridgehead atoms. The van der Waals surface area contributed by atoms with Gasteiger partial charge in [0.05, 0.1) is 18.6 Å². The molecule has 0 N–H and O–H groups in total. The maximum absolute atomic E-state index is 12.6. The molecule has 1 aliphatic rings. The van der Waals surface area contributed by atoms with Crippen LogP contribution < -0.4 is 4.74 Å². The van der Waals surface area contributed by atoms with Gasteiger partial charge < -0.3 is 4.74 Å². The molecule has 2 aromatic rings. The topological polar surface area (TPSA) is 46.6 Å². The van der Waals surface area contributed by atoms with E-state index in [1.165, 1.54) is 0 Å². The summed E-state index contributed by atoms with van der Waals surface area (Å²) in [6.45, 7) is 0.0448. The Morgan fingerprint density at radius 1 is 1.08 bits per heavy atom. The van der Waals surface area contributed by atoms with Gasteiger partial charge in [-0.1, -0.05) is 41.4 Å². The molecule has 0 spiro atoms. The maximum Gasteiger partial charge on any atom is 0.293 e. The van der Waals surface area contributed by atoms with Gasteiger partial charge in [0, 0.05) is 15.6 Å². The Balaban J connectivity index is 1.83. The average Bonchev–Trinajstić information content (AvgIpc) is 2.86. The summed E-state index contributed by atoms with van der Waals surface area (Å²) in [4.78, 5) is 26.3. The lowest BCUT2D eigenvalue weighted by Gasteiger charge is -2.14. The number of hydrogen-bond donors (Lipinski definition) is 0. The first kappa shape index (κ1) is 17.9. The monoisotopic (exact) mass is 393 g/mol. The van der Waals surface area contributed by atoms with Gasteiger partial charge in [0.2, 0.25) is 0 Å². The minimum atomic E-state index is -0.359. The largest absolute Gasteiger partial charge is 0.497 e. The van der Waals surface area contributed by atoms with Gasteiger partial charge in [-0.15, -0.1) is 0 Å². The molecule has 0 saturated carbocycles. The lowest BCUT2D eigenvalue weighted by molar-refractivity contribution is -0.123. The molecular weight excluding hydrogens is 381 g/mol. The standard InChI is InChI=1S/C18H13Cl2NO3S/c1-24-12-7-5-11(6-8-12)9-16-17(22)21(18(23)25-16)10-13-14(19)3-2-4-15(13)20/h2-9H,10H2,1H3/b16-9+. The third-order valence-electron chi connectivity index (χ3n) is 3.67. The highest BCUT2D eigenvalue weighted by molar-refractivity contribution is 8.18. The van der Waals surface area contributed by atoms with E-state index in [1.807, 2.05) is 12.1 Å². The van der Waals surface area contributed by atoms with Crippen molar-refractivity contribution >= 4 is 52.2 Å². The number of halogens is 2. The fourth-order valence-electron chi connectivity index (χ4n) is 2.33. The molecular formula is C18H13Cl2NO3S. The molecule has 1 saturated heterocycles. The molecule has 3 rings (SSSR count). The van der Waals surface area contributed by atoms with Crippen molar-refractivity contribution in [3.8, 4) is 5.75 Å². The van der Waals surface area contributed by atoms with E-state index in [1.54, 1.807) is 43.5 Å². The number of amides is 2. The van der Waals surface area contributed by atoms with E-state index in [0.29, 0.717) is 20.5 Å². The van der Waals surface area contributed by atoms with Crippen LogP contribution in [0.5, 0.6) is 5.75 Å². The first-order valence-electron chi connectivity index (χ1n) is 7.32. The Morgan fingerprint density at radius 3 is 2.32 bits per heavy atom. The molecule has 7 heteroatoms. The summed E-state index contributed by atoms with van der Waals surface area (Å²) < 4.78 is 5.10. The molecule has 2 aromatic carbocycles. The predicted molar refractivity (Wildman–Crippen MR) is 101 cm³/mol. The normalized spacial score (nSPS) is 16.0. The van der Waals surface area contributed by atoms with E-state index in [0.717, 1.165) is 28.0 Å². The van der Waals surface area contributed by atoms with Gasteiger partial charge in [-0.25, -0.2) is 0 Å². The Labute approximate surface area is 159 Å². The van der Waals surface area contributed by atoms with Crippen LogP contribution in [0.1, 0.15) is 11.1 Å². The van der Waals surface area contributed by atoms with Crippen molar-refractivity contribution in [1.82, 2.24) is 4.90 Å². The summed E-state index contributed by atoms with van der Waals surface area (Å²) in [5.74, 6) is 0.362. The van der Waals surface area contributed by atoms with E-state index < -0.39 is 0 Å². The number of carbonyl (C=O) groups is 2. The van der Waals surface area contributed by atoms with Crippen molar-refractivity contribution in [1.29, 1.82) is 0 Å². The fourth-order valence-corrected chi connectivity index (χ4v) is 3.68. The lowest BCUT2D eigenvalue weighted by atomic mass is 10.2. The number of carbonyl (C=O) groups excluding carboxylic acids is 2. The van der Waals surface area contributed by atoms with E-state index in [9.17, 15) is 9.59 Å². The van der Waals surface area contributed by atoms with Crippen LogP contribution in [0.15, 0.2) is 47.4 Å². The number of ether oxygens (including phenoxy) is 1. The van der Waals surface area contributed by atoms with Crippen LogP contribution in [0.4, 0.5) is 4.79 Å². The van der Waals surface area contributed by atoms with Crippen LogP contribution in [-0.4, -0.2) is 23.2 Å². The molecule has 128 valence electrons. The molecule has 0 atom stereocenters. The van der Waals surface area contributed by atoms with Crippen LogP contribution >= 0.6 is 35.0 Å². The Bertz CT molecular complexity index is 845. The second-order valence-corrected chi connectivity index (χ2v) is 7.05. The Hall–Kier alpha value is -1.95. The zero-order chi connectivity index (χ0) is 18.0. The van der Waals surface area contributed by atoms with Crippen LogP contribution in [0.3, 0.4) is 0 Å². The summed E-state index contributed by atoms with van der Waals surface area (Å²) in [7, 11) is 1.58. The van der Waals surface area contributed by atoms with Gasteiger partial charge in [-0.2, -0.15) is 0 Å². The third-order valence-corrected chi connectivity index (χ3v) is 5.28. The Kier molecular flexibility index (Phi) is 5.37. The molecule has 1 heterocycles. The zero-order valence-corrected chi connectivity index (χ0v) is 15.5. The summed E-state index contributed by atoms with van der Waals surface area (Å²) in [5.41, 5.74) is 1.36. The van der Waals surface area contributed by atoms with Crippen LogP contribution in [-0.2, 0) is 11.3 Å². The number of imide groups is 1. The Morgan fingerprint density at radius 2 is 1.72 bits per heavy atom. The van der Waals surface area contributed by atoms with Crippen molar-refractivity contribution in [2.45, 2.75) is 6.54 Å². The van der Waals surface area contributed by atoms with Crippen LogP contribution in [0, 0.1) is 0 Å². The second-order valence-electron chi connectivity index (χ2n) is 5.24. The summed E-state index contributed by atoms with van der Waals surface area (Å²) in [6.07, 6.45) is 1.68. The number of rotatable bonds is 4. The van der Waals surface area contributed by atoms with Gasteiger partial charge in [0.25, 0.3) is 11.1 Å². The van der Waals surface area contributed by atoms with Gasteiger partial charge in [0.1, 0.15) is 5.75 Å². The van der Waals surface area contributed by atoms with E-state index in [2.05, 4.69) is 0 Å².